The van der Waals surface area contributed by atoms with Crippen LogP contribution in [-0.2, 0) is 16.8 Å². The van der Waals surface area contributed by atoms with Crippen molar-refractivity contribution >= 4 is 0 Å². The van der Waals surface area contributed by atoms with Crippen LogP contribution < -0.4 is 0 Å². The van der Waals surface area contributed by atoms with Crippen molar-refractivity contribution < 1.29 is 9.84 Å². The van der Waals surface area contributed by atoms with Crippen molar-refractivity contribution in [3.8, 4) is 5.75 Å². The molecule has 0 atom stereocenters. The Hall–Kier alpha value is -1.80. The van der Waals surface area contributed by atoms with Gasteiger partial charge in [0, 0.05) is 5.41 Å². The Morgan fingerprint density at radius 2 is 1.58 bits per heavy atom. The second-order valence-corrected chi connectivity index (χ2v) is 5.41. The van der Waals surface area contributed by atoms with Crippen LogP contribution in [0.25, 0.3) is 0 Å². The molecule has 1 N–H and O–H groups in total. The van der Waals surface area contributed by atoms with E-state index in [1.54, 1.807) is 12.1 Å². The maximum absolute atomic E-state index is 9.32. The largest absolute Gasteiger partial charge is 0.508 e. The van der Waals surface area contributed by atoms with Crippen LogP contribution in [0, 0.1) is 0 Å². The smallest absolute Gasteiger partial charge is 0.115 e. The molecule has 100 valence electrons. The van der Waals surface area contributed by atoms with Gasteiger partial charge >= 0.3 is 0 Å². The highest BCUT2D eigenvalue weighted by Gasteiger charge is 2.20. The van der Waals surface area contributed by atoms with Gasteiger partial charge in [-0.25, -0.2) is 0 Å². The van der Waals surface area contributed by atoms with Gasteiger partial charge in [0.1, 0.15) is 5.75 Å². The predicted octanol–water partition coefficient (Wildman–Crippen LogP) is 3.89. The molecule has 0 amide bonds. The molecule has 0 aliphatic carbocycles. The molecule has 2 aromatic rings. The lowest BCUT2D eigenvalue weighted by Crippen LogP contribution is -2.24. The number of rotatable bonds is 5. The lowest BCUT2D eigenvalue weighted by molar-refractivity contribution is 0.0825. The van der Waals surface area contributed by atoms with Crippen LogP contribution in [-0.4, -0.2) is 11.7 Å². The summed E-state index contributed by atoms with van der Waals surface area (Å²) >= 11 is 0. The summed E-state index contributed by atoms with van der Waals surface area (Å²) in [7, 11) is 0. The van der Waals surface area contributed by atoms with E-state index in [9.17, 15) is 5.11 Å². The Kier molecular flexibility index (Phi) is 4.23. The molecule has 2 rings (SSSR count). The van der Waals surface area contributed by atoms with Crippen molar-refractivity contribution in [3.05, 3.63) is 65.7 Å². The van der Waals surface area contributed by atoms with Crippen molar-refractivity contribution in [2.45, 2.75) is 25.9 Å². The van der Waals surface area contributed by atoms with Gasteiger partial charge in [-0.3, -0.25) is 0 Å². The summed E-state index contributed by atoms with van der Waals surface area (Å²) in [5.41, 5.74) is 2.28. The fourth-order valence-corrected chi connectivity index (χ4v) is 1.99. The summed E-state index contributed by atoms with van der Waals surface area (Å²) in [4.78, 5) is 0. The molecule has 19 heavy (non-hydrogen) atoms. The van der Waals surface area contributed by atoms with E-state index in [0.717, 1.165) is 0 Å². The SMILES string of the molecule is CC(C)(COCc1ccccc1)c1ccc(O)cc1. The van der Waals surface area contributed by atoms with E-state index >= 15 is 0 Å². The third kappa shape index (κ3) is 3.83. The van der Waals surface area contributed by atoms with Crippen LogP contribution in [0.3, 0.4) is 0 Å². The zero-order valence-electron chi connectivity index (χ0n) is 11.5. The Bertz CT molecular complexity index is 501. The normalized spacial score (nSPS) is 11.5. The number of benzene rings is 2. The Balaban J connectivity index is 1.92. The predicted molar refractivity (Wildman–Crippen MR) is 77.2 cm³/mol. The molecule has 0 saturated carbocycles. The number of hydrogen-bond donors (Lipinski definition) is 1. The van der Waals surface area contributed by atoms with E-state index in [-0.39, 0.29) is 5.41 Å². The van der Waals surface area contributed by atoms with Gasteiger partial charge < -0.3 is 9.84 Å². The summed E-state index contributed by atoms with van der Waals surface area (Å²) in [6.45, 7) is 5.56. The minimum atomic E-state index is -0.0670. The molecule has 0 aliphatic rings. The van der Waals surface area contributed by atoms with Crippen LogP contribution >= 0.6 is 0 Å². The molecule has 0 aliphatic heterocycles. The highest BCUT2D eigenvalue weighted by Crippen LogP contribution is 2.25. The molecule has 0 unspecified atom stereocenters. The summed E-state index contributed by atoms with van der Waals surface area (Å²) in [5.74, 6) is 0.296. The maximum atomic E-state index is 9.32. The molecule has 0 aromatic heterocycles. The lowest BCUT2D eigenvalue weighted by atomic mass is 9.85. The van der Waals surface area contributed by atoms with E-state index in [0.29, 0.717) is 19.0 Å². The van der Waals surface area contributed by atoms with Crippen molar-refractivity contribution in [1.82, 2.24) is 0 Å². The standard InChI is InChI=1S/C17H20O2/c1-17(2,15-8-10-16(18)11-9-15)13-19-12-14-6-4-3-5-7-14/h3-11,18H,12-13H2,1-2H3. The Morgan fingerprint density at radius 1 is 0.947 bits per heavy atom. The highest BCUT2D eigenvalue weighted by atomic mass is 16.5. The molecular weight excluding hydrogens is 236 g/mol. The molecule has 2 aromatic carbocycles. The topological polar surface area (TPSA) is 29.5 Å². The second kappa shape index (κ2) is 5.89. The summed E-state index contributed by atoms with van der Waals surface area (Å²) in [6.07, 6.45) is 0. The van der Waals surface area contributed by atoms with Crippen LogP contribution in [0.15, 0.2) is 54.6 Å². The average molecular weight is 256 g/mol. The fraction of sp³-hybridized carbons (Fsp3) is 0.294. The van der Waals surface area contributed by atoms with E-state index in [2.05, 4.69) is 26.0 Å². The molecule has 2 heteroatoms. The number of aromatic hydroxyl groups is 1. The molecular formula is C17H20O2. The van der Waals surface area contributed by atoms with Crippen molar-refractivity contribution in [2.24, 2.45) is 0 Å². The first kappa shape index (κ1) is 13.6. The van der Waals surface area contributed by atoms with Gasteiger partial charge in [-0.05, 0) is 23.3 Å². The first-order valence-corrected chi connectivity index (χ1v) is 6.49. The number of phenols is 1. The van der Waals surface area contributed by atoms with Crippen molar-refractivity contribution in [1.29, 1.82) is 0 Å². The monoisotopic (exact) mass is 256 g/mol. The molecule has 0 spiro atoms. The van der Waals surface area contributed by atoms with Crippen LogP contribution in [0.1, 0.15) is 25.0 Å². The number of hydrogen-bond acceptors (Lipinski definition) is 2. The third-order valence-electron chi connectivity index (χ3n) is 3.22. The lowest BCUT2D eigenvalue weighted by Gasteiger charge is -2.25. The van der Waals surface area contributed by atoms with E-state index < -0.39 is 0 Å². The van der Waals surface area contributed by atoms with Gasteiger partial charge in [-0.15, -0.1) is 0 Å². The fourth-order valence-electron chi connectivity index (χ4n) is 1.99. The number of ether oxygens (including phenoxy) is 1. The highest BCUT2D eigenvalue weighted by molar-refractivity contribution is 5.30. The van der Waals surface area contributed by atoms with Gasteiger partial charge in [-0.1, -0.05) is 56.3 Å². The van der Waals surface area contributed by atoms with Gasteiger partial charge in [0.05, 0.1) is 13.2 Å². The Labute approximate surface area is 114 Å². The van der Waals surface area contributed by atoms with Crippen LogP contribution in [0.4, 0.5) is 0 Å². The van der Waals surface area contributed by atoms with Crippen molar-refractivity contribution in [2.75, 3.05) is 6.61 Å². The average Bonchev–Trinajstić information content (AvgIpc) is 2.40. The maximum Gasteiger partial charge on any atom is 0.115 e. The molecule has 0 saturated heterocycles. The quantitative estimate of drug-likeness (QED) is 0.879. The summed E-state index contributed by atoms with van der Waals surface area (Å²) < 4.78 is 5.81. The zero-order valence-corrected chi connectivity index (χ0v) is 11.5. The zero-order chi connectivity index (χ0) is 13.7. The van der Waals surface area contributed by atoms with Gasteiger partial charge in [0.15, 0.2) is 0 Å². The van der Waals surface area contributed by atoms with Gasteiger partial charge in [0.25, 0.3) is 0 Å². The van der Waals surface area contributed by atoms with E-state index in [1.807, 2.05) is 30.3 Å². The molecule has 0 heterocycles. The Morgan fingerprint density at radius 3 is 2.21 bits per heavy atom. The van der Waals surface area contributed by atoms with Crippen LogP contribution in [0.2, 0.25) is 0 Å². The van der Waals surface area contributed by atoms with E-state index in [1.165, 1.54) is 11.1 Å². The molecule has 2 nitrogen and oxygen atoms in total. The molecule has 0 bridgehead atoms. The van der Waals surface area contributed by atoms with Gasteiger partial charge in [0.2, 0.25) is 0 Å². The molecule has 0 fully saturated rings. The molecule has 0 radical (unpaired) electrons. The minimum absolute atomic E-state index is 0.0670. The minimum Gasteiger partial charge on any atom is -0.508 e. The first-order chi connectivity index (χ1) is 9.08. The van der Waals surface area contributed by atoms with E-state index in [4.69, 9.17) is 4.74 Å². The summed E-state index contributed by atoms with van der Waals surface area (Å²) in [6, 6.07) is 17.5. The summed E-state index contributed by atoms with van der Waals surface area (Å²) in [5, 5.41) is 9.32. The second-order valence-electron chi connectivity index (χ2n) is 5.41. The van der Waals surface area contributed by atoms with Crippen LogP contribution in [0.5, 0.6) is 5.75 Å². The third-order valence-corrected chi connectivity index (χ3v) is 3.22. The number of phenolic OH excluding ortho intramolecular Hbond substituents is 1. The van der Waals surface area contributed by atoms with Crippen molar-refractivity contribution in [3.63, 3.8) is 0 Å². The van der Waals surface area contributed by atoms with Gasteiger partial charge in [-0.2, -0.15) is 0 Å². The first-order valence-electron chi connectivity index (χ1n) is 6.49.